The minimum absolute atomic E-state index is 0.0583. The van der Waals surface area contributed by atoms with E-state index in [9.17, 15) is 4.79 Å². The van der Waals surface area contributed by atoms with Gasteiger partial charge in [-0.2, -0.15) is 5.10 Å². The van der Waals surface area contributed by atoms with Crippen LogP contribution in [0.3, 0.4) is 0 Å². The largest absolute Gasteiger partial charge is 0.338 e. The molecule has 1 aromatic carbocycles. The molecule has 0 unspecified atom stereocenters. The third-order valence-electron chi connectivity index (χ3n) is 5.41. The van der Waals surface area contributed by atoms with Crippen molar-refractivity contribution in [1.82, 2.24) is 24.9 Å². The lowest BCUT2D eigenvalue weighted by atomic mass is 10.1. The van der Waals surface area contributed by atoms with Crippen molar-refractivity contribution in [1.29, 1.82) is 0 Å². The van der Waals surface area contributed by atoms with Crippen LogP contribution in [0.2, 0.25) is 0 Å². The summed E-state index contributed by atoms with van der Waals surface area (Å²) in [5.41, 5.74) is 3.58. The first-order valence-corrected chi connectivity index (χ1v) is 10.3. The Kier molecular flexibility index (Phi) is 7.09. The van der Waals surface area contributed by atoms with E-state index < -0.39 is 0 Å². The van der Waals surface area contributed by atoms with Gasteiger partial charge in [-0.15, -0.1) is 0 Å². The van der Waals surface area contributed by atoms with Crippen molar-refractivity contribution in [2.45, 2.75) is 33.7 Å². The summed E-state index contributed by atoms with van der Waals surface area (Å²) in [5, 5.41) is 7.60. The third kappa shape index (κ3) is 5.83. The summed E-state index contributed by atoms with van der Waals surface area (Å²) in [6.07, 6.45) is 1.07. The zero-order chi connectivity index (χ0) is 19.9. The maximum absolute atomic E-state index is 12.5. The predicted molar refractivity (Wildman–Crippen MR) is 112 cm³/mol. The summed E-state index contributed by atoms with van der Waals surface area (Å²) in [7, 11) is 0. The molecule has 0 radical (unpaired) electrons. The van der Waals surface area contributed by atoms with Gasteiger partial charge >= 0.3 is 6.03 Å². The second kappa shape index (κ2) is 9.73. The quantitative estimate of drug-likeness (QED) is 0.800. The highest BCUT2D eigenvalue weighted by Gasteiger charge is 2.21. The Morgan fingerprint density at radius 2 is 1.86 bits per heavy atom. The van der Waals surface area contributed by atoms with Crippen LogP contribution in [0.1, 0.15) is 23.9 Å². The van der Waals surface area contributed by atoms with E-state index >= 15 is 0 Å². The molecule has 0 aliphatic carbocycles. The van der Waals surface area contributed by atoms with Crippen LogP contribution in [0.4, 0.5) is 4.79 Å². The molecule has 1 aliphatic rings. The minimum Gasteiger partial charge on any atom is -0.338 e. The molecule has 3 rings (SSSR count). The van der Waals surface area contributed by atoms with E-state index in [4.69, 9.17) is 0 Å². The molecule has 2 aromatic rings. The summed E-state index contributed by atoms with van der Waals surface area (Å²) < 4.78 is 2.03. The van der Waals surface area contributed by atoms with Crippen LogP contribution in [0.15, 0.2) is 36.4 Å². The molecule has 152 valence electrons. The molecule has 2 heterocycles. The van der Waals surface area contributed by atoms with Crippen molar-refractivity contribution in [3.05, 3.63) is 53.3 Å². The van der Waals surface area contributed by atoms with E-state index in [1.54, 1.807) is 0 Å². The molecule has 0 spiro atoms. The number of carbonyl (C=O) groups is 1. The van der Waals surface area contributed by atoms with Crippen LogP contribution in [0.25, 0.3) is 0 Å². The van der Waals surface area contributed by atoms with Crippen molar-refractivity contribution in [2.75, 3.05) is 39.3 Å². The summed E-state index contributed by atoms with van der Waals surface area (Å²) in [4.78, 5) is 16.9. The first-order chi connectivity index (χ1) is 13.5. The predicted octanol–water partition coefficient (Wildman–Crippen LogP) is 2.71. The highest BCUT2D eigenvalue weighted by Crippen LogP contribution is 2.08. The number of aromatic nitrogens is 2. The monoisotopic (exact) mass is 383 g/mol. The average molecular weight is 384 g/mol. The van der Waals surface area contributed by atoms with Gasteiger partial charge in [0, 0.05) is 51.5 Å². The van der Waals surface area contributed by atoms with Crippen LogP contribution in [0, 0.1) is 19.8 Å². The Hall–Kier alpha value is -2.34. The van der Waals surface area contributed by atoms with Crippen molar-refractivity contribution >= 4 is 6.03 Å². The Morgan fingerprint density at radius 1 is 1.14 bits per heavy atom. The van der Waals surface area contributed by atoms with E-state index in [2.05, 4.69) is 65.6 Å². The topological polar surface area (TPSA) is 53.4 Å². The number of piperazine rings is 1. The third-order valence-corrected chi connectivity index (χ3v) is 5.41. The smallest absolute Gasteiger partial charge is 0.317 e. The molecule has 0 saturated carbocycles. The van der Waals surface area contributed by atoms with Crippen LogP contribution in [-0.2, 0) is 13.0 Å². The number of nitrogens with zero attached hydrogens (tertiary/aromatic N) is 4. The van der Waals surface area contributed by atoms with Crippen LogP contribution in [0.5, 0.6) is 0 Å². The van der Waals surface area contributed by atoms with Gasteiger partial charge in [-0.3, -0.25) is 9.58 Å². The normalized spacial score (nSPS) is 16.2. The highest BCUT2D eigenvalue weighted by molar-refractivity contribution is 5.74. The Bertz CT molecular complexity index is 750. The molecule has 6 heteroatoms. The first-order valence-electron chi connectivity index (χ1n) is 10.3. The van der Waals surface area contributed by atoms with Gasteiger partial charge in [0.15, 0.2) is 0 Å². The molecule has 6 nitrogen and oxygen atoms in total. The zero-order valence-electron chi connectivity index (χ0n) is 17.4. The first kappa shape index (κ1) is 20.4. The Balaban J connectivity index is 1.35. The molecule has 0 bridgehead atoms. The molecule has 1 saturated heterocycles. The van der Waals surface area contributed by atoms with E-state index in [0.29, 0.717) is 12.5 Å². The number of aryl methyl sites for hydroxylation is 2. The molecule has 1 fully saturated rings. The van der Waals surface area contributed by atoms with E-state index in [0.717, 1.165) is 51.4 Å². The number of benzene rings is 1. The number of urea groups is 1. The number of carbonyl (C=O) groups excluding carboxylic acids is 1. The molecule has 1 atom stereocenters. The highest BCUT2D eigenvalue weighted by atomic mass is 16.2. The summed E-state index contributed by atoms with van der Waals surface area (Å²) in [6.45, 7) is 12.3. The maximum Gasteiger partial charge on any atom is 0.317 e. The second-order valence-electron chi connectivity index (χ2n) is 7.96. The van der Waals surface area contributed by atoms with Gasteiger partial charge in [-0.05, 0) is 37.8 Å². The summed E-state index contributed by atoms with van der Waals surface area (Å²) >= 11 is 0. The SMILES string of the molecule is Cc1cc(C)n(C[C@H](C)CNC(=O)N2CCN(CCc3ccccc3)CC2)n1. The molecular formula is C22H33N5O. The van der Waals surface area contributed by atoms with Crippen LogP contribution < -0.4 is 5.32 Å². The second-order valence-corrected chi connectivity index (χ2v) is 7.96. The van der Waals surface area contributed by atoms with Gasteiger partial charge in [0.2, 0.25) is 0 Å². The van der Waals surface area contributed by atoms with Gasteiger partial charge < -0.3 is 10.2 Å². The number of nitrogens with one attached hydrogen (secondary N) is 1. The van der Waals surface area contributed by atoms with Gasteiger partial charge in [0.05, 0.1) is 5.69 Å². The fourth-order valence-corrected chi connectivity index (χ4v) is 3.70. The molecule has 28 heavy (non-hydrogen) atoms. The van der Waals surface area contributed by atoms with Crippen molar-refractivity contribution in [3.8, 4) is 0 Å². The van der Waals surface area contributed by atoms with Gasteiger partial charge in [0.25, 0.3) is 0 Å². The molecule has 1 aromatic heterocycles. The number of hydrogen-bond acceptors (Lipinski definition) is 3. The Morgan fingerprint density at radius 3 is 2.50 bits per heavy atom. The molecule has 1 aliphatic heterocycles. The zero-order valence-corrected chi connectivity index (χ0v) is 17.4. The number of amides is 2. The molecular weight excluding hydrogens is 350 g/mol. The lowest BCUT2D eigenvalue weighted by Crippen LogP contribution is -2.52. The fourth-order valence-electron chi connectivity index (χ4n) is 3.70. The summed E-state index contributed by atoms with van der Waals surface area (Å²) in [6, 6.07) is 12.7. The number of hydrogen-bond donors (Lipinski definition) is 1. The van der Waals surface area contributed by atoms with Crippen molar-refractivity contribution < 1.29 is 4.79 Å². The van der Waals surface area contributed by atoms with Crippen molar-refractivity contribution in [3.63, 3.8) is 0 Å². The fraction of sp³-hybridized carbons (Fsp3) is 0.545. The maximum atomic E-state index is 12.5. The van der Waals surface area contributed by atoms with Crippen LogP contribution in [-0.4, -0.2) is 64.9 Å². The molecule has 2 amide bonds. The van der Waals surface area contributed by atoms with Crippen LogP contribution >= 0.6 is 0 Å². The summed E-state index contributed by atoms with van der Waals surface area (Å²) in [5.74, 6) is 0.342. The lowest BCUT2D eigenvalue weighted by molar-refractivity contribution is 0.139. The average Bonchev–Trinajstić information content (AvgIpc) is 3.02. The molecule has 1 N–H and O–H groups in total. The number of rotatable bonds is 7. The standard InChI is InChI=1S/C22H33N5O/c1-18(17-27-20(3)15-19(2)24-27)16-23-22(28)26-13-11-25(12-14-26)10-9-21-7-5-4-6-8-21/h4-8,15,18H,9-14,16-17H2,1-3H3,(H,23,28)/t18-/m1/s1. The van der Waals surface area contributed by atoms with Gasteiger partial charge in [0.1, 0.15) is 0 Å². The van der Waals surface area contributed by atoms with E-state index in [-0.39, 0.29) is 6.03 Å². The lowest BCUT2D eigenvalue weighted by Gasteiger charge is -2.35. The van der Waals surface area contributed by atoms with E-state index in [1.165, 1.54) is 11.3 Å². The van der Waals surface area contributed by atoms with Crippen molar-refractivity contribution in [2.24, 2.45) is 5.92 Å². The van der Waals surface area contributed by atoms with E-state index in [1.807, 2.05) is 16.5 Å². The minimum atomic E-state index is 0.0583. The Labute approximate surface area is 168 Å². The van der Waals surface area contributed by atoms with Gasteiger partial charge in [-0.1, -0.05) is 37.3 Å². The van der Waals surface area contributed by atoms with Gasteiger partial charge in [-0.25, -0.2) is 4.79 Å².